The molecule has 0 spiro atoms. The lowest BCUT2D eigenvalue weighted by molar-refractivity contribution is -0.142. The van der Waals surface area contributed by atoms with Crippen molar-refractivity contribution in [1.29, 1.82) is 0 Å². The van der Waals surface area contributed by atoms with Gasteiger partial charge in [0.05, 0.1) is 23.9 Å². The van der Waals surface area contributed by atoms with Crippen molar-refractivity contribution in [2.75, 3.05) is 12.0 Å². The van der Waals surface area contributed by atoms with Gasteiger partial charge < -0.3 is 18.8 Å². The molecular weight excluding hydrogens is 530 g/mol. The summed E-state index contributed by atoms with van der Waals surface area (Å²) in [5, 5.41) is 0.693. The predicted octanol–water partition coefficient (Wildman–Crippen LogP) is 5.94. The second-order valence-electron chi connectivity index (χ2n) is 10.5. The Balaban J connectivity index is 1.52. The average molecular weight is 562 g/mol. The Morgan fingerprint density at radius 2 is 1.82 bits per heavy atom. The van der Waals surface area contributed by atoms with Crippen LogP contribution in [0.4, 0.5) is 10.5 Å². The summed E-state index contributed by atoms with van der Waals surface area (Å²) in [5.41, 5.74) is 1.95. The highest BCUT2D eigenvalue weighted by molar-refractivity contribution is 7.90. The summed E-state index contributed by atoms with van der Waals surface area (Å²) in [4.78, 5) is 32.4. The maximum Gasteiger partial charge on any atom is 0.415 e. The van der Waals surface area contributed by atoms with Crippen molar-refractivity contribution >= 4 is 40.1 Å². The highest BCUT2D eigenvalue weighted by atomic mass is 32.2. The molecule has 0 N–H and O–H groups in total. The average Bonchev–Trinajstić information content (AvgIpc) is 3.27. The number of nitrogens with zero attached hydrogens (tertiary/aromatic N) is 3. The molecule has 1 aliphatic heterocycles. The van der Waals surface area contributed by atoms with Gasteiger partial charge in [-0.25, -0.2) is 14.6 Å². The van der Waals surface area contributed by atoms with E-state index in [-0.39, 0.29) is 0 Å². The van der Waals surface area contributed by atoms with Crippen LogP contribution >= 0.6 is 0 Å². The molecule has 208 valence electrons. The van der Waals surface area contributed by atoms with Gasteiger partial charge in [0, 0.05) is 12.3 Å². The molecule has 0 bridgehead atoms. The fourth-order valence-corrected chi connectivity index (χ4v) is 5.99. The van der Waals surface area contributed by atoms with Gasteiger partial charge in [-0.05, 0) is 76.4 Å². The SMILES string of the molecule is COC(=O)C1CCc2ccc(Oc3ccnc4c3cc(C)n4[S+]([O-])c3ccccc3)cc2N1C(=O)OC(C)(C)C. The van der Waals surface area contributed by atoms with Crippen molar-refractivity contribution in [3.63, 3.8) is 0 Å². The van der Waals surface area contributed by atoms with Crippen LogP contribution in [0, 0.1) is 6.92 Å². The van der Waals surface area contributed by atoms with Crippen LogP contribution in [0.5, 0.6) is 11.5 Å². The van der Waals surface area contributed by atoms with Gasteiger partial charge in [-0.2, -0.15) is 0 Å². The normalized spacial score (nSPS) is 15.8. The van der Waals surface area contributed by atoms with E-state index in [1.807, 2.05) is 55.5 Å². The molecule has 1 aliphatic rings. The number of benzene rings is 2. The van der Waals surface area contributed by atoms with Gasteiger partial charge in [0.1, 0.15) is 34.5 Å². The Kier molecular flexibility index (Phi) is 7.48. The number of carbonyl (C=O) groups excluding carboxylic acids is 2. The van der Waals surface area contributed by atoms with Crippen LogP contribution in [-0.2, 0) is 32.1 Å². The van der Waals surface area contributed by atoms with E-state index < -0.39 is 35.1 Å². The fourth-order valence-electron chi connectivity index (χ4n) is 4.77. The largest absolute Gasteiger partial charge is 0.587 e. The molecule has 3 heterocycles. The molecule has 2 aromatic heterocycles. The molecule has 40 heavy (non-hydrogen) atoms. The lowest BCUT2D eigenvalue weighted by atomic mass is 9.96. The number of ether oxygens (including phenoxy) is 3. The standard InChI is InChI=1S/C30H31N3O6S/c1-19-17-23-26(15-16-31-27(23)33(19)40(36)22-9-7-6-8-10-22)38-21-13-11-20-12-14-24(28(34)37-5)32(25(20)18-21)29(35)39-30(2,3)4/h6-11,13,15-18,24H,12,14H2,1-5H3. The number of hydrogen-bond acceptors (Lipinski definition) is 7. The van der Waals surface area contributed by atoms with Crippen molar-refractivity contribution in [3.8, 4) is 11.5 Å². The van der Waals surface area contributed by atoms with Crippen molar-refractivity contribution < 1.29 is 28.4 Å². The lowest BCUT2D eigenvalue weighted by Gasteiger charge is -2.36. The van der Waals surface area contributed by atoms with Crippen LogP contribution in [0.15, 0.2) is 71.8 Å². The monoisotopic (exact) mass is 561 g/mol. The summed E-state index contributed by atoms with van der Waals surface area (Å²) < 4.78 is 32.0. The van der Waals surface area contributed by atoms with E-state index in [0.29, 0.717) is 46.0 Å². The number of methoxy groups -OCH3 is 1. The number of pyridine rings is 1. The summed E-state index contributed by atoms with van der Waals surface area (Å²) in [6.45, 7) is 7.19. The first-order chi connectivity index (χ1) is 19.1. The highest BCUT2D eigenvalue weighted by Crippen LogP contribution is 2.38. The fraction of sp³-hybridized carbons (Fsp3) is 0.300. The number of rotatable bonds is 5. The van der Waals surface area contributed by atoms with Gasteiger partial charge in [0.15, 0.2) is 10.5 Å². The minimum absolute atomic E-state index is 0.412. The molecular formula is C30H31N3O6S. The number of fused-ring (bicyclic) bond motifs is 2. The molecule has 2 aromatic carbocycles. The quantitative estimate of drug-likeness (QED) is 0.219. The third-order valence-corrected chi connectivity index (χ3v) is 7.98. The first kappa shape index (κ1) is 27.5. The summed E-state index contributed by atoms with van der Waals surface area (Å²) in [6.07, 6.45) is 1.97. The number of hydrogen-bond donors (Lipinski definition) is 0. The van der Waals surface area contributed by atoms with Crippen molar-refractivity contribution in [1.82, 2.24) is 8.96 Å². The first-order valence-corrected chi connectivity index (χ1v) is 14.0. The molecule has 0 fully saturated rings. The number of amides is 1. The van der Waals surface area contributed by atoms with Gasteiger partial charge in [0.2, 0.25) is 0 Å². The molecule has 4 aromatic rings. The van der Waals surface area contributed by atoms with E-state index in [9.17, 15) is 14.1 Å². The summed E-state index contributed by atoms with van der Waals surface area (Å²) in [5.74, 6) is 0.461. The molecule has 10 heteroatoms. The molecule has 2 unspecified atom stereocenters. The van der Waals surface area contributed by atoms with Crippen molar-refractivity contribution in [2.24, 2.45) is 0 Å². The van der Waals surface area contributed by atoms with Crippen LogP contribution in [0.3, 0.4) is 0 Å². The van der Waals surface area contributed by atoms with Crippen molar-refractivity contribution in [2.45, 2.75) is 57.1 Å². The van der Waals surface area contributed by atoms with Gasteiger partial charge in [-0.15, -0.1) is 3.97 Å². The van der Waals surface area contributed by atoms with Crippen LogP contribution in [0.2, 0.25) is 0 Å². The number of aromatic nitrogens is 2. The minimum atomic E-state index is -1.49. The second kappa shape index (κ2) is 10.9. The Hall–Kier alpha value is -4.02. The number of esters is 1. The Morgan fingerprint density at radius 1 is 1.07 bits per heavy atom. The Labute approximate surface area is 236 Å². The zero-order valence-corrected chi connectivity index (χ0v) is 23.9. The van der Waals surface area contributed by atoms with Crippen LogP contribution < -0.4 is 9.64 Å². The molecule has 0 saturated carbocycles. The Bertz CT molecular complexity index is 1560. The summed E-state index contributed by atoms with van der Waals surface area (Å²) >= 11 is -1.49. The third-order valence-electron chi connectivity index (χ3n) is 6.51. The zero-order valence-electron chi connectivity index (χ0n) is 23.0. The summed E-state index contributed by atoms with van der Waals surface area (Å²) in [7, 11) is 1.30. The molecule has 0 saturated heterocycles. The van der Waals surface area contributed by atoms with E-state index in [2.05, 4.69) is 4.98 Å². The smallest absolute Gasteiger partial charge is 0.415 e. The first-order valence-electron chi connectivity index (χ1n) is 12.9. The van der Waals surface area contributed by atoms with Crippen LogP contribution in [0.25, 0.3) is 11.0 Å². The van der Waals surface area contributed by atoms with Gasteiger partial charge in [-0.3, -0.25) is 4.90 Å². The number of anilines is 1. The van der Waals surface area contributed by atoms with Crippen LogP contribution in [0.1, 0.15) is 38.4 Å². The zero-order chi connectivity index (χ0) is 28.6. The van der Waals surface area contributed by atoms with Gasteiger partial charge >= 0.3 is 12.1 Å². The predicted molar refractivity (Wildman–Crippen MR) is 152 cm³/mol. The molecule has 0 aliphatic carbocycles. The number of aryl methyl sites for hydroxylation is 2. The second-order valence-corrected chi connectivity index (χ2v) is 11.8. The maximum atomic E-state index is 13.4. The Morgan fingerprint density at radius 3 is 2.52 bits per heavy atom. The van der Waals surface area contributed by atoms with E-state index in [4.69, 9.17) is 14.2 Å². The maximum absolute atomic E-state index is 13.4. The molecule has 1 amide bonds. The van der Waals surface area contributed by atoms with Crippen LogP contribution in [-0.4, -0.2) is 44.3 Å². The van der Waals surface area contributed by atoms with E-state index in [1.54, 1.807) is 43.1 Å². The van der Waals surface area contributed by atoms with E-state index in [1.165, 1.54) is 12.0 Å². The minimum Gasteiger partial charge on any atom is -0.587 e. The molecule has 2 atom stereocenters. The number of carbonyl (C=O) groups is 2. The van der Waals surface area contributed by atoms with E-state index in [0.717, 1.165) is 11.3 Å². The lowest BCUT2D eigenvalue weighted by Crippen LogP contribution is -2.50. The van der Waals surface area contributed by atoms with Gasteiger partial charge in [-0.1, -0.05) is 24.3 Å². The highest BCUT2D eigenvalue weighted by Gasteiger charge is 2.39. The van der Waals surface area contributed by atoms with E-state index >= 15 is 0 Å². The third kappa shape index (κ3) is 5.37. The van der Waals surface area contributed by atoms with Crippen molar-refractivity contribution in [3.05, 3.63) is 78.1 Å². The molecule has 0 radical (unpaired) electrons. The topological polar surface area (TPSA) is 106 Å². The molecule has 9 nitrogen and oxygen atoms in total. The summed E-state index contributed by atoms with van der Waals surface area (Å²) in [6, 6.07) is 17.4. The van der Waals surface area contributed by atoms with Gasteiger partial charge in [0.25, 0.3) is 0 Å². The molecule has 5 rings (SSSR count).